The zero-order valence-corrected chi connectivity index (χ0v) is 12.7. The summed E-state index contributed by atoms with van der Waals surface area (Å²) in [4.78, 5) is 12.4. The molecule has 2 nitrogen and oxygen atoms in total. The van der Waals surface area contributed by atoms with Gasteiger partial charge in [0.1, 0.15) is 5.75 Å². The van der Waals surface area contributed by atoms with Gasteiger partial charge in [0.05, 0.1) is 0 Å². The highest BCUT2D eigenvalue weighted by Crippen LogP contribution is 2.39. The fourth-order valence-electron chi connectivity index (χ4n) is 2.84. The molecular weight excluding hydrogens is 284 g/mol. The monoisotopic (exact) mass is 302 g/mol. The van der Waals surface area contributed by atoms with Gasteiger partial charge in [-0.15, -0.1) is 0 Å². The molecule has 114 valence electrons. The lowest BCUT2D eigenvalue weighted by atomic mass is 9.74. The largest absolute Gasteiger partial charge is 0.508 e. The van der Waals surface area contributed by atoms with Gasteiger partial charge in [-0.2, -0.15) is 0 Å². The second-order valence-electron chi connectivity index (χ2n) is 5.61. The molecule has 2 aromatic carbocycles. The normalized spacial score (nSPS) is 20.0. The van der Waals surface area contributed by atoms with Gasteiger partial charge in [-0.25, -0.2) is 0 Å². The molecule has 23 heavy (non-hydrogen) atoms. The van der Waals surface area contributed by atoms with E-state index in [-0.39, 0.29) is 11.5 Å². The number of carbonyl (C=O) groups excluding carboxylic acids is 1. The van der Waals surface area contributed by atoms with E-state index < -0.39 is 5.41 Å². The highest BCUT2D eigenvalue weighted by molar-refractivity contribution is 6.04. The molecule has 0 heterocycles. The molecule has 0 radical (unpaired) electrons. The van der Waals surface area contributed by atoms with Crippen LogP contribution in [0.5, 0.6) is 5.75 Å². The average Bonchev–Trinajstić information content (AvgIpc) is 2.61. The predicted molar refractivity (Wildman–Crippen MR) is 92.6 cm³/mol. The van der Waals surface area contributed by atoms with Crippen molar-refractivity contribution in [1.82, 2.24) is 0 Å². The maximum Gasteiger partial charge on any atom is 0.185 e. The molecular formula is C21H18O2. The van der Waals surface area contributed by atoms with Crippen LogP contribution in [-0.2, 0) is 5.41 Å². The number of carbonyl (C=O) groups is 1. The molecule has 1 aliphatic rings. The Bertz CT molecular complexity index is 784. The molecule has 1 aliphatic carbocycles. The topological polar surface area (TPSA) is 37.3 Å². The van der Waals surface area contributed by atoms with Crippen LogP contribution in [0.1, 0.15) is 22.3 Å². The maximum absolute atomic E-state index is 12.4. The number of hydrogen-bond donors (Lipinski definition) is 1. The summed E-state index contributed by atoms with van der Waals surface area (Å²) in [6, 6.07) is 16.5. The zero-order chi connectivity index (χ0) is 16.1. The summed E-state index contributed by atoms with van der Waals surface area (Å²) in [5, 5.41) is 10.2. The lowest BCUT2D eigenvalue weighted by Gasteiger charge is -2.29. The van der Waals surface area contributed by atoms with Gasteiger partial charge in [-0.1, -0.05) is 78.9 Å². The Hall–Kier alpha value is -2.87. The molecule has 1 unspecified atom stereocenters. The Morgan fingerprint density at radius 2 is 1.74 bits per heavy atom. The number of benzene rings is 2. The third-order valence-corrected chi connectivity index (χ3v) is 4.09. The Balaban J connectivity index is 1.97. The van der Waals surface area contributed by atoms with Gasteiger partial charge in [-0.05, 0) is 18.6 Å². The first-order valence-corrected chi connectivity index (χ1v) is 7.63. The molecule has 0 amide bonds. The van der Waals surface area contributed by atoms with Crippen molar-refractivity contribution in [2.24, 2.45) is 0 Å². The van der Waals surface area contributed by atoms with Crippen molar-refractivity contribution < 1.29 is 9.90 Å². The van der Waals surface area contributed by atoms with E-state index in [0.717, 1.165) is 5.56 Å². The molecule has 3 rings (SSSR count). The van der Waals surface area contributed by atoms with Crippen LogP contribution in [0.4, 0.5) is 0 Å². The molecule has 2 heteroatoms. The van der Waals surface area contributed by atoms with Gasteiger partial charge in [0.15, 0.2) is 5.78 Å². The first kappa shape index (κ1) is 15.0. The molecule has 0 bridgehead atoms. The van der Waals surface area contributed by atoms with E-state index in [0.29, 0.717) is 12.0 Å². The number of para-hydroxylation sites is 1. The van der Waals surface area contributed by atoms with Crippen LogP contribution in [0.3, 0.4) is 0 Å². The molecule has 0 aliphatic heterocycles. The van der Waals surface area contributed by atoms with Gasteiger partial charge in [0.25, 0.3) is 0 Å². The van der Waals surface area contributed by atoms with E-state index >= 15 is 0 Å². The smallest absolute Gasteiger partial charge is 0.185 e. The number of phenolic OH excluding ortho intramolecular Hbond substituents is 1. The fourth-order valence-corrected chi connectivity index (χ4v) is 2.84. The number of allylic oxidation sites excluding steroid dienone is 6. The summed E-state index contributed by atoms with van der Waals surface area (Å²) in [6.45, 7) is 0. The Morgan fingerprint density at radius 3 is 2.43 bits per heavy atom. The van der Waals surface area contributed by atoms with E-state index in [9.17, 15) is 9.90 Å². The molecule has 2 aromatic rings. The van der Waals surface area contributed by atoms with Gasteiger partial charge < -0.3 is 5.11 Å². The molecule has 0 saturated carbocycles. The minimum atomic E-state index is -0.496. The predicted octanol–water partition coefficient (Wildman–Crippen LogP) is 4.59. The third-order valence-electron chi connectivity index (χ3n) is 4.09. The fraction of sp³-hybridized carbons (Fsp3) is 0.0952. The molecule has 0 aromatic heterocycles. The number of aromatic hydroxyl groups is 1. The van der Waals surface area contributed by atoms with Crippen LogP contribution in [0.15, 0.2) is 91.1 Å². The van der Waals surface area contributed by atoms with E-state index in [4.69, 9.17) is 0 Å². The summed E-state index contributed by atoms with van der Waals surface area (Å²) in [5.41, 5.74) is 0.967. The summed E-state index contributed by atoms with van der Waals surface area (Å²) in [5.74, 6) is 0.201. The highest BCUT2D eigenvalue weighted by Gasteiger charge is 2.29. The second kappa shape index (κ2) is 6.49. The summed E-state index contributed by atoms with van der Waals surface area (Å²) in [7, 11) is 0. The van der Waals surface area contributed by atoms with Crippen molar-refractivity contribution in [3.8, 4) is 5.75 Å². The average molecular weight is 302 g/mol. The molecule has 1 N–H and O–H groups in total. The van der Waals surface area contributed by atoms with Crippen LogP contribution < -0.4 is 0 Å². The van der Waals surface area contributed by atoms with Crippen LogP contribution in [0.2, 0.25) is 0 Å². The van der Waals surface area contributed by atoms with Crippen LogP contribution in [-0.4, -0.2) is 10.9 Å². The third kappa shape index (κ3) is 3.16. The number of hydrogen-bond acceptors (Lipinski definition) is 2. The van der Waals surface area contributed by atoms with Crippen molar-refractivity contribution in [3.63, 3.8) is 0 Å². The van der Waals surface area contributed by atoms with Crippen LogP contribution >= 0.6 is 0 Å². The number of phenols is 1. The summed E-state index contributed by atoms with van der Waals surface area (Å²) in [6.07, 6.45) is 12.2. The minimum Gasteiger partial charge on any atom is -0.508 e. The lowest BCUT2D eigenvalue weighted by Crippen LogP contribution is -2.22. The Morgan fingerprint density at radius 1 is 1.00 bits per heavy atom. The van der Waals surface area contributed by atoms with Crippen LogP contribution in [0, 0.1) is 0 Å². The van der Waals surface area contributed by atoms with E-state index in [1.807, 2.05) is 60.7 Å². The van der Waals surface area contributed by atoms with E-state index in [1.165, 1.54) is 0 Å². The molecule has 0 fully saturated rings. The SMILES string of the molecule is O=C(C=CC1(c2ccccc2O)C=CC=CC1)c1ccccc1. The van der Waals surface area contributed by atoms with Crippen molar-refractivity contribution >= 4 is 5.78 Å². The number of ketones is 1. The Kier molecular flexibility index (Phi) is 4.24. The highest BCUT2D eigenvalue weighted by atomic mass is 16.3. The van der Waals surface area contributed by atoms with Crippen molar-refractivity contribution in [3.05, 3.63) is 102 Å². The van der Waals surface area contributed by atoms with Gasteiger partial charge in [-0.3, -0.25) is 4.79 Å². The standard InChI is InChI=1S/C21H18O2/c22-19(17-9-3-1-4-10-17)13-16-21(14-7-2-8-15-21)18-11-5-6-12-20(18)23/h1-14,16,23H,15H2. The van der Waals surface area contributed by atoms with Gasteiger partial charge in [0, 0.05) is 16.5 Å². The molecule has 1 atom stereocenters. The first-order chi connectivity index (χ1) is 11.2. The van der Waals surface area contributed by atoms with Crippen molar-refractivity contribution in [1.29, 1.82) is 0 Å². The summed E-state index contributed by atoms with van der Waals surface area (Å²) >= 11 is 0. The minimum absolute atomic E-state index is 0.0386. The molecule has 0 spiro atoms. The molecule has 0 saturated heterocycles. The number of rotatable bonds is 4. The summed E-state index contributed by atoms with van der Waals surface area (Å²) < 4.78 is 0. The van der Waals surface area contributed by atoms with E-state index in [2.05, 4.69) is 0 Å². The van der Waals surface area contributed by atoms with Crippen molar-refractivity contribution in [2.45, 2.75) is 11.8 Å². The van der Waals surface area contributed by atoms with Gasteiger partial charge >= 0.3 is 0 Å². The maximum atomic E-state index is 12.4. The van der Waals surface area contributed by atoms with E-state index in [1.54, 1.807) is 30.3 Å². The van der Waals surface area contributed by atoms with Gasteiger partial charge in [0.2, 0.25) is 0 Å². The second-order valence-corrected chi connectivity index (χ2v) is 5.61. The Labute approximate surface area is 136 Å². The quantitative estimate of drug-likeness (QED) is 0.663. The zero-order valence-electron chi connectivity index (χ0n) is 12.7. The van der Waals surface area contributed by atoms with Crippen molar-refractivity contribution in [2.75, 3.05) is 0 Å². The lowest BCUT2D eigenvalue weighted by molar-refractivity contribution is 0.104. The van der Waals surface area contributed by atoms with Crippen LogP contribution in [0.25, 0.3) is 0 Å². The first-order valence-electron chi connectivity index (χ1n) is 7.63.